The topological polar surface area (TPSA) is 92.7 Å². The molecule has 2 rings (SSSR count). The van der Waals surface area contributed by atoms with Crippen molar-refractivity contribution in [3.8, 4) is 5.88 Å². The first-order valence-electron chi connectivity index (χ1n) is 9.12. The Labute approximate surface area is 190 Å². The molecule has 7 nitrogen and oxygen atoms in total. The van der Waals surface area contributed by atoms with Gasteiger partial charge in [-0.15, -0.1) is 24.0 Å². The number of pyridine rings is 1. The van der Waals surface area contributed by atoms with Gasteiger partial charge in [0.1, 0.15) is 16.4 Å². The van der Waals surface area contributed by atoms with E-state index in [4.69, 9.17) is 4.74 Å². The third-order valence-electron chi connectivity index (χ3n) is 4.02. The number of guanidine groups is 1. The van der Waals surface area contributed by atoms with Crippen LogP contribution >= 0.6 is 24.0 Å². The minimum absolute atomic E-state index is 0. The molecule has 29 heavy (non-hydrogen) atoms. The predicted octanol–water partition coefficient (Wildman–Crippen LogP) is 2.77. The molecule has 0 aliphatic rings. The van der Waals surface area contributed by atoms with Crippen molar-refractivity contribution in [1.29, 1.82) is 0 Å². The average Bonchev–Trinajstić information content (AvgIpc) is 2.68. The van der Waals surface area contributed by atoms with Crippen molar-refractivity contribution in [1.82, 2.24) is 15.6 Å². The van der Waals surface area contributed by atoms with Crippen LogP contribution in [0.2, 0.25) is 0 Å². The van der Waals surface area contributed by atoms with E-state index in [0.29, 0.717) is 31.4 Å². The zero-order valence-electron chi connectivity index (χ0n) is 17.0. The van der Waals surface area contributed by atoms with E-state index in [2.05, 4.69) is 20.6 Å². The molecule has 1 aromatic heterocycles. The van der Waals surface area contributed by atoms with Crippen LogP contribution in [0, 0.1) is 0 Å². The summed E-state index contributed by atoms with van der Waals surface area (Å²) in [6.45, 7) is 2.94. The number of benzene rings is 1. The lowest BCUT2D eigenvalue weighted by atomic mass is 10.2. The summed E-state index contributed by atoms with van der Waals surface area (Å²) in [5, 5.41) is 6.42. The fourth-order valence-corrected chi connectivity index (χ4v) is 3.23. The van der Waals surface area contributed by atoms with Gasteiger partial charge in [0.15, 0.2) is 5.96 Å². The fourth-order valence-electron chi connectivity index (χ4n) is 2.45. The summed E-state index contributed by atoms with van der Waals surface area (Å²) in [6.07, 6.45) is 3.47. The molecule has 1 heterocycles. The van der Waals surface area contributed by atoms with E-state index in [-0.39, 0.29) is 35.8 Å². The summed E-state index contributed by atoms with van der Waals surface area (Å²) in [7, 11) is -1.29. The Bertz CT molecular complexity index is 876. The fraction of sp³-hybridized carbons (Fsp3) is 0.400. The quantitative estimate of drug-likeness (QED) is 0.293. The molecule has 0 saturated heterocycles. The lowest BCUT2D eigenvalue weighted by Gasteiger charge is -2.17. The Kier molecular flexibility index (Phi) is 11.0. The minimum atomic E-state index is -2.97. The lowest BCUT2D eigenvalue weighted by Crippen LogP contribution is -2.42. The number of aromatic nitrogens is 1. The van der Waals surface area contributed by atoms with E-state index in [1.54, 1.807) is 13.2 Å². The Balaban J connectivity index is 0.00000420. The molecule has 0 amide bonds. The Morgan fingerprint density at radius 2 is 1.93 bits per heavy atom. The van der Waals surface area contributed by atoms with Crippen molar-refractivity contribution in [2.24, 2.45) is 4.99 Å². The van der Waals surface area contributed by atoms with Gasteiger partial charge in [0.05, 0.1) is 5.75 Å². The zero-order chi connectivity index (χ0) is 20.4. The van der Waals surface area contributed by atoms with Gasteiger partial charge in [-0.25, -0.2) is 13.4 Å². The molecule has 0 bridgehead atoms. The van der Waals surface area contributed by atoms with Crippen molar-refractivity contribution >= 4 is 39.8 Å². The largest absolute Gasteiger partial charge is 0.473 e. The molecular formula is C20H29IN4O3S. The number of sulfone groups is 1. The number of hydrogen-bond acceptors (Lipinski definition) is 5. The van der Waals surface area contributed by atoms with E-state index >= 15 is 0 Å². The minimum Gasteiger partial charge on any atom is -0.473 e. The van der Waals surface area contributed by atoms with E-state index < -0.39 is 9.84 Å². The molecule has 9 heteroatoms. The lowest BCUT2D eigenvalue weighted by molar-refractivity contribution is 0.293. The standard InChI is InChI=1S/C20H28N4O3S.HI/c1-16(10-12-28(3,25)26)24-20(21-2)23-14-18-9-11-22-19(13-18)27-15-17-7-5-4-6-8-17;/h4-9,11,13,16H,10,12,14-15H2,1-3H3,(H2,21,23,24);1H. The number of halogens is 1. The van der Waals surface area contributed by atoms with Gasteiger partial charge in [0, 0.05) is 38.2 Å². The second-order valence-corrected chi connectivity index (χ2v) is 8.93. The maximum absolute atomic E-state index is 11.3. The first kappa shape index (κ1) is 25.2. The second-order valence-electron chi connectivity index (χ2n) is 6.67. The van der Waals surface area contributed by atoms with Crippen LogP contribution in [0.5, 0.6) is 5.88 Å². The van der Waals surface area contributed by atoms with Crippen LogP contribution in [-0.4, -0.2) is 44.5 Å². The Morgan fingerprint density at radius 3 is 2.59 bits per heavy atom. The molecule has 0 saturated carbocycles. The first-order valence-corrected chi connectivity index (χ1v) is 11.2. The molecule has 1 aromatic carbocycles. The van der Waals surface area contributed by atoms with E-state index in [9.17, 15) is 8.42 Å². The zero-order valence-corrected chi connectivity index (χ0v) is 20.1. The highest BCUT2D eigenvalue weighted by Gasteiger charge is 2.09. The third-order valence-corrected chi connectivity index (χ3v) is 4.99. The van der Waals surface area contributed by atoms with Gasteiger partial charge >= 0.3 is 0 Å². The van der Waals surface area contributed by atoms with Crippen LogP contribution in [0.1, 0.15) is 24.5 Å². The first-order chi connectivity index (χ1) is 13.4. The smallest absolute Gasteiger partial charge is 0.213 e. The van der Waals surface area contributed by atoms with Crippen LogP contribution in [0.3, 0.4) is 0 Å². The number of nitrogens with one attached hydrogen (secondary N) is 2. The molecule has 0 aliphatic carbocycles. The van der Waals surface area contributed by atoms with Gasteiger partial charge in [0.25, 0.3) is 0 Å². The normalized spacial score (nSPS) is 12.6. The van der Waals surface area contributed by atoms with Crippen LogP contribution in [0.25, 0.3) is 0 Å². The van der Waals surface area contributed by atoms with Crippen molar-refractivity contribution in [2.45, 2.75) is 32.5 Å². The van der Waals surface area contributed by atoms with Gasteiger partial charge in [-0.2, -0.15) is 0 Å². The van der Waals surface area contributed by atoms with Crippen molar-refractivity contribution in [2.75, 3.05) is 19.1 Å². The summed E-state index contributed by atoms with van der Waals surface area (Å²) in [6, 6.07) is 13.7. The summed E-state index contributed by atoms with van der Waals surface area (Å²) in [5.41, 5.74) is 2.09. The maximum Gasteiger partial charge on any atom is 0.213 e. The molecule has 0 aliphatic heterocycles. The highest BCUT2D eigenvalue weighted by molar-refractivity contribution is 14.0. The molecule has 0 radical (unpaired) electrons. The number of aliphatic imine (C=N–C) groups is 1. The Morgan fingerprint density at radius 1 is 1.21 bits per heavy atom. The average molecular weight is 532 g/mol. The molecule has 0 spiro atoms. The van der Waals surface area contributed by atoms with E-state index in [1.807, 2.05) is 49.4 Å². The van der Waals surface area contributed by atoms with E-state index in [0.717, 1.165) is 11.1 Å². The molecular weight excluding hydrogens is 503 g/mol. The van der Waals surface area contributed by atoms with Crippen LogP contribution in [0.4, 0.5) is 0 Å². The second kappa shape index (κ2) is 12.6. The highest BCUT2D eigenvalue weighted by Crippen LogP contribution is 2.11. The number of ether oxygens (including phenoxy) is 1. The number of nitrogens with zero attached hydrogens (tertiary/aromatic N) is 2. The summed E-state index contributed by atoms with van der Waals surface area (Å²) in [4.78, 5) is 8.43. The summed E-state index contributed by atoms with van der Waals surface area (Å²) < 4.78 is 28.3. The molecule has 160 valence electrons. The van der Waals surface area contributed by atoms with Gasteiger partial charge < -0.3 is 15.4 Å². The van der Waals surface area contributed by atoms with Crippen molar-refractivity contribution in [3.63, 3.8) is 0 Å². The SMILES string of the molecule is CN=C(NCc1ccnc(OCc2ccccc2)c1)NC(C)CCS(C)(=O)=O.I. The van der Waals surface area contributed by atoms with Crippen molar-refractivity contribution in [3.05, 3.63) is 59.8 Å². The molecule has 1 unspecified atom stereocenters. The maximum atomic E-state index is 11.3. The molecule has 0 fully saturated rings. The predicted molar refractivity (Wildman–Crippen MR) is 128 cm³/mol. The molecule has 1 atom stereocenters. The number of rotatable bonds is 9. The summed E-state index contributed by atoms with van der Waals surface area (Å²) in [5.74, 6) is 1.32. The van der Waals surface area contributed by atoms with Crippen molar-refractivity contribution < 1.29 is 13.2 Å². The summed E-state index contributed by atoms with van der Waals surface area (Å²) >= 11 is 0. The molecule has 2 aromatic rings. The van der Waals surface area contributed by atoms with Crippen LogP contribution in [-0.2, 0) is 23.0 Å². The van der Waals surface area contributed by atoms with Gasteiger partial charge in [-0.1, -0.05) is 30.3 Å². The monoisotopic (exact) mass is 532 g/mol. The van der Waals surface area contributed by atoms with Crippen LogP contribution in [0.15, 0.2) is 53.7 Å². The number of hydrogen-bond donors (Lipinski definition) is 2. The Hall–Kier alpha value is -1.88. The highest BCUT2D eigenvalue weighted by atomic mass is 127. The van der Waals surface area contributed by atoms with E-state index in [1.165, 1.54) is 6.26 Å². The van der Waals surface area contributed by atoms with Gasteiger partial charge in [-0.05, 0) is 30.5 Å². The van der Waals surface area contributed by atoms with Gasteiger partial charge in [0.2, 0.25) is 5.88 Å². The third kappa shape index (κ3) is 10.5. The van der Waals surface area contributed by atoms with Crippen LogP contribution < -0.4 is 15.4 Å². The van der Waals surface area contributed by atoms with Gasteiger partial charge in [-0.3, -0.25) is 4.99 Å². The molecule has 2 N–H and O–H groups in total.